The molecule has 1 fully saturated rings. The number of nitrogens with zero attached hydrogens (tertiary/aromatic N) is 2. The van der Waals surface area contributed by atoms with Crippen molar-refractivity contribution >= 4 is 42.1 Å². The van der Waals surface area contributed by atoms with Crippen molar-refractivity contribution in [2.45, 2.75) is 64.2 Å². The molecule has 8 heteroatoms. The second kappa shape index (κ2) is 10.7. The number of fused-ring (bicyclic) bond motifs is 1. The quantitative estimate of drug-likeness (QED) is 0.718. The van der Waals surface area contributed by atoms with E-state index in [0.29, 0.717) is 0 Å². The highest BCUT2D eigenvalue weighted by Crippen LogP contribution is 2.30. The molecule has 2 aromatic heterocycles. The first-order valence-electron chi connectivity index (χ1n) is 9.94. The zero-order valence-electron chi connectivity index (χ0n) is 16.7. The Morgan fingerprint density at radius 2 is 2.17 bits per heavy atom. The van der Waals surface area contributed by atoms with Crippen LogP contribution in [-0.2, 0) is 25.9 Å². The number of aryl methyl sites for hydroxylation is 1. The highest BCUT2D eigenvalue weighted by atomic mass is 35.5. The summed E-state index contributed by atoms with van der Waals surface area (Å²) in [5.74, 6) is 0.0804. The second-order valence-electron chi connectivity index (χ2n) is 7.77. The monoisotopic (exact) mass is 456 g/mol. The summed E-state index contributed by atoms with van der Waals surface area (Å²) in [6, 6.07) is 4.77. The molecule has 0 spiro atoms. The maximum Gasteiger partial charge on any atom is 0.252 e. The lowest BCUT2D eigenvalue weighted by Gasteiger charge is -2.27. The van der Waals surface area contributed by atoms with Crippen LogP contribution >= 0.6 is 36.2 Å². The SMILES string of the molecule is CCc1ccc(CN2CCc3c(C(=O)N[C@@H]4CC[C@@H](N)C4)csc3C2)nc1.Cl.Cl. The zero-order chi connectivity index (χ0) is 18.8. The Morgan fingerprint density at radius 3 is 2.83 bits per heavy atom. The summed E-state index contributed by atoms with van der Waals surface area (Å²) < 4.78 is 0. The molecule has 0 bridgehead atoms. The third-order valence-electron chi connectivity index (χ3n) is 5.76. The summed E-state index contributed by atoms with van der Waals surface area (Å²) in [7, 11) is 0. The molecule has 3 heterocycles. The van der Waals surface area contributed by atoms with Crippen molar-refractivity contribution in [3.63, 3.8) is 0 Å². The van der Waals surface area contributed by atoms with Crippen LogP contribution in [-0.4, -0.2) is 34.4 Å². The van der Waals surface area contributed by atoms with Gasteiger partial charge in [-0.3, -0.25) is 14.7 Å². The molecule has 1 saturated carbocycles. The van der Waals surface area contributed by atoms with Crippen LogP contribution in [0.4, 0.5) is 0 Å². The van der Waals surface area contributed by atoms with Gasteiger partial charge >= 0.3 is 0 Å². The van der Waals surface area contributed by atoms with Gasteiger partial charge in [0.15, 0.2) is 0 Å². The number of nitrogens with two attached hydrogens (primary N) is 1. The van der Waals surface area contributed by atoms with Gasteiger partial charge in [-0.1, -0.05) is 13.0 Å². The molecule has 0 radical (unpaired) electrons. The average Bonchev–Trinajstić information content (AvgIpc) is 3.28. The van der Waals surface area contributed by atoms with Gasteiger partial charge in [-0.2, -0.15) is 0 Å². The Kier molecular flexibility index (Phi) is 8.91. The van der Waals surface area contributed by atoms with E-state index in [-0.39, 0.29) is 42.8 Å². The van der Waals surface area contributed by atoms with E-state index in [1.807, 2.05) is 11.6 Å². The standard InChI is InChI=1S/C21H28N4OS.2ClH/c1-2-14-3-5-17(23-10-14)11-25-8-7-18-19(13-27-20(18)12-25)21(26)24-16-6-4-15(22)9-16;;/h3,5,10,13,15-16H,2,4,6-9,11-12,22H2,1H3,(H,24,26);2*1H/t15-,16-;;/m1../s1. The van der Waals surface area contributed by atoms with Crippen molar-refractivity contribution in [2.75, 3.05) is 6.54 Å². The Labute approximate surface area is 189 Å². The van der Waals surface area contributed by atoms with Gasteiger partial charge in [0.05, 0.1) is 11.3 Å². The van der Waals surface area contributed by atoms with E-state index in [1.54, 1.807) is 11.3 Å². The third-order valence-corrected chi connectivity index (χ3v) is 6.77. The smallest absolute Gasteiger partial charge is 0.252 e. The molecule has 1 aliphatic carbocycles. The van der Waals surface area contributed by atoms with Crippen LogP contribution in [0.3, 0.4) is 0 Å². The number of carbonyl (C=O) groups is 1. The molecule has 0 unspecified atom stereocenters. The van der Waals surface area contributed by atoms with Crippen LogP contribution in [0.25, 0.3) is 0 Å². The minimum atomic E-state index is 0. The summed E-state index contributed by atoms with van der Waals surface area (Å²) in [6.45, 7) is 4.88. The molecule has 3 N–H and O–H groups in total. The van der Waals surface area contributed by atoms with Gasteiger partial charge in [-0.15, -0.1) is 36.2 Å². The molecule has 4 rings (SSSR count). The van der Waals surface area contributed by atoms with Gasteiger partial charge in [0.25, 0.3) is 5.91 Å². The zero-order valence-corrected chi connectivity index (χ0v) is 19.2. The number of nitrogens with one attached hydrogen (secondary N) is 1. The highest BCUT2D eigenvalue weighted by Gasteiger charge is 2.27. The minimum absolute atomic E-state index is 0. The first-order valence-corrected chi connectivity index (χ1v) is 10.8. The summed E-state index contributed by atoms with van der Waals surface area (Å²) >= 11 is 1.71. The van der Waals surface area contributed by atoms with E-state index in [1.165, 1.54) is 16.0 Å². The van der Waals surface area contributed by atoms with Crippen molar-refractivity contribution in [2.24, 2.45) is 5.73 Å². The fourth-order valence-corrected chi connectivity index (χ4v) is 5.23. The number of pyridine rings is 1. The fourth-order valence-electron chi connectivity index (χ4n) is 4.10. The predicted octanol–water partition coefficient (Wildman–Crippen LogP) is 3.72. The molecule has 160 valence electrons. The number of thiophene rings is 1. The predicted molar refractivity (Wildman–Crippen MR) is 123 cm³/mol. The van der Waals surface area contributed by atoms with Gasteiger partial charge in [0.2, 0.25) is 0 Å². The van der Waals surface area contributed by atoms with Gasteiger partial charge in [0.1, 0.15) is 0 Å². The van der Waals surface area contributed by atoms with Crippen LogP contribution in [0, 0.1) is 0 Å². The number of carbonyl (C=O) groups excluding carboxylic acids is 1. The number of hydrogen-bond acceptors (Lipinski definition) is 5. The fraction of sp³-hybridized carbons (Fsp3) is 0.524. The van der Waals surface area contributed by atoms with E-state index < -0.39 is 0 Å². The topological polar surface area (TPSA) is 71.2 Å². The molecule has 0 saturated heterocycles. The summed E-state index contributed by atoms with van der Waals surface area (Å²) in [5.41, 5.74) is 10.5. The summed E-state index contributed by atoms with van der Waals surface area (Å²) in [5, 5.41) is 5.22. The van der Waals surface area contributed by atoms with Gasteiger partial charge in [-0.05, 0) is 49.3 Å². The van der Waals surface area contributed by atoms with Crippen LogP contribution in [0.15, 0.2) is 23.7 Å². The van der Waals surface area contributed by atoms with Crippen LogP contribution in [0.2, 0.25) is 0 Å². The number of aromatic nitrogens is 1. The molecule has 1 amide bonds. The van der Waals surface area contributed by atoms with E-state index in [0.717, 1.165) is 63.0 Å². The van der Waals surface area contributed by atoms with Crippen molar-refractivity contribution < 1.29 is 4.79 Å². The first kappa shape index (κ1) is 24.1. The first-order chi connectivity index (χ1) is 13.1. The molecular weight excluding hydrogens is 427 g/mol. The largest absolute Gasteiger partial charge is 0.349 e. The van der Waals surface area contributed by atoms with Gasteiger partial charge in [-0.25, -0.2) is 0 Å². The molecular formula is C21H30Cl2N4OS. The Balaban J connectivity index is 0.00000150. The number of halogens is 2. The minimum Gasteiger partial charge on any atom is -0.349 e. The molecule has 5 nitrogen and oxygen atoms in total. The maximum atomic E-state index is 12.7. The molecule has 0 aromatic carbocycles. The van der Waals surface area contributed by atoms with E-state index in [2.05, 4.69) is 34.3 Å². The Bertz CT molecular complexity index is 812. The lowest BCUT2D eigenvalue weighted by atomic mass is 10.0. The van der Waals surface area contributed by atoms with E-state index in [4.69, 9.17) is 5.73 Å². The van der Waals surface area contributed by atoms with E-state index >= 15 is 0 Å². The van der Waals surface area contributed by atoms with Gasteiger partial charge in [0, 0.05) is 48.2 Å². The van der Waals surface area contributed by atoms with Crippen LogP contribution < -0.4 is 11.1 Å². The summed E-state index contributed by atoms with van der Waals surface area (Å²) in [4.78, 5) is 21.0. The van der Waals surface area contributed by atoms with Crippen LogP contribution in [0.5, 0.6) is 0 Å². The number of rotatable bonds is 5. The molecule has 2 atom stereocenters. The molecule has 1 aliphatic heterocycles. The summed E-state index contributed by atoms with van der Waals surface area (Å²) in [6.07, 6.45) is 6.83. The third kappa shape index (κ3) is 5.70. The molecule has 29 heavy (non-hydrogen) atoms. The molecule has 2 aliphatic rings. The van der Waals surface area contributed by atoms with E-state index in [9.17, 15) is 4.79 Å². The van der Waals surface area contributed by atoms with Crippen molar-refractivity contribution in [1.29, 1.82) is 0 Å². The Hall–Kier alpha value is -1.18. The van der Waals surface area contributed by atoms with Crippen molar-refractivity contribution in [3.05, 3.63) is 51.0 Å². The maximum absolute atomic E-state index is 12.7. The lowest BCUT2D eigenvalue weighted by molar-refractivity contribution is 0.0936. The highest BCUT2D eigenvalue weighted by molar-refractivity contribution is 7.10. The number of hydrogen-bond donors (Lipinski definition) is 2. The average molecular weight is 457 g/mol. The van der Waals surface area contributed by atoms with Crippen LogP contribution in [0.1, 0.15) is 58.2 Å². The van der Waals surface area contributed by atoms with Gasteiger partial charge < -0.3 is 11.1 Å². The normalized spacial score (nSPS) is 21.0. The van der Waals surface area contributed by atoms with Crippen molar-refractivity contribution in [3.8, 4) is 0 Å². The lowest BCUT2D eigenvalue weighted by Crippen LogP contribution is -2.35. The van der Waals surface area contributed by atoms with Crippen molar-refractivity contribution in [1.82, 2.24) is 15.2 Å². The molecule has 2 aromatic rings. The number of amides is 1. The second-order valence-corrected chi connectivity index (χ2v) is 8.73. The Morgan fingerprint density at radius 1 is 1.34 bits per heavy atom.